The predicted octanol–water partition coefficient (Wildman–Crippen LogP) is 12.3. The van der Waals surface area contributed by atoms with Gasteiger partial charge >= 0.3 is 16.2 Å². The van der Waals surface area contributed by atoms with E-state index in [2.05, 4.69) is 4.86 Å². The molecule has 65 heavy (non-hydrogen) atoms. The van der Waals surface area contributed by atoms with Crippen molar-refractivity contribution in [1.29, 1.82) is 0 Å². The largest absolute Gasteiger partial charge is 0.606 e. The standard InChI is InChI=1S/C48H55N2O12P3/c1-51-43-25-13-7-19-37(43)31-57-63(58-32-38-20-8-14-26-44(38)52-2)49-65(61-35-41-23-11-17-29-47(41)55-5,62-36-42-24-12-18-30-48(42)56-6)50-64(59-33-39-21-9-15-27-45(39)53-3)60-34-40-22-10-16-28-46(40)54-4/h7-30,49H,31-36H2,1-6H3/q+2. The van der Waals surface area contributed by atoms with Gasteiger partial charge < -0.3 is 37.5 Å². The molecule has 1 N–H and O–H groups in total. The van der Waals surface area contributed by atoms with Crippen LogP contribution in [0.5, 0.6) is 34.5 Å². The average Bonchev–Trinajstić information content (AvgIpc) is 3.37. The van der Waals surface area contributed by atoms with Crippen molar-refractivity contribution in [2.75, 3.05) is 42.7 Å². The van der Waals surface area contributed by atoms with Crippen LogP contribution in [0, 0.1) is 0 Å². The highest BCUT2D eigenvalue weighted by Gasteiger charge is 2.56. The van der Waals surface area contributed by atoms with Gasteiger partial charge in [-0.1, -0.05) is 109 Å². The van der Waals surface area contributed by atoms with Crippen LogP contribution in [-0.4, -0.2) is 42.7 Å². The summed E-state index contributed by atoms with van der Waals surface area (Å²) in [5, 5.41) is 0. The van der Waals surface area contributed by atoms with E-state index in [1.807, 2.05) is 146 Å². The zero-order valence-electron chi connectivity index (χ0n) is 37.3. The molecule has 0 saturated heterocycles. The fourth-order valence-corrected chi connectivity index (χ4v) is 12.0. The predicted molar refractivity (Wildman–Crippen MR) is 253 cm³/mol. The molecule has 0 spiro atoms. The molecular formula is C48H55N2O12P3+2. The normalized spacial score (nSPS) is 11.2. The van der Waals surface area contributed by atoms with Crippen molar-refractivity contribution in [3.8, 4) is 34.5 Å². The van der Waals surface area contributed by atoms with Crippen LogP contribution in [0.1, 0.15) is 33.4 Å². The molecule has 0 bridgehead atoms. The molecular weight excluding hydrogens is 889 g/mol. The van der Waals surface area contributed by atoms with Crippen LogP contribution >= 0.6 is 24.7 Å². The summed E-state index contributed by atoms with van der Waals surface area (Å²) < 4.78 is 80.2. The monoisotopic (exact) mass is 944 g/mol. The topological polar surface area (TPSA) is 135 Å². The number of hydrogen-bond donors (Lipinski definition) is 1. The van der Waals surface area contributed by atoms with Gasteiger partial charge in [-0.25, -0.2) is 0 Å². The molecule has 0 saturated carbocycles. The molecule has 0 aliphatic rings. The lowest BCUT2D eigenvalue weighted by Crippen LogP contribution is -2.18. The van der Waals surface area contributed by atoms with Crippen LogP contribution in [0.2, 0.25) is 0 Å². The van der Waals surface area contributed by atoms with E-state index in [1.165, 1.54) is 0 Å². The van der Waals surface area contributed by atoms with Gasteiger partial charge in [-0.05, 0) is 41.3 Å². The first-order chi connectivity index (χ1) is 31.9. The quantitative estimate of drug-likeness (QED) is 0.0491. The molecule has 6 aromatic carbocycles. The van der Waals surface area contributed by atoms with E-state index in [-0.39, 0.29) is 39.6 Å². The zero-order valence-corrected chi connectivity index (χ0v) is 40.0. The molecule has 0 heterocycles. The Morgan fingerprint density at radius 2 is 0.646 bits per heavy atom. The highest BCUT2D eigenvalue weighted by atomic mass is 31.3. The summed E-state index contributed by atoms with van der Waals surface area (Å²) in [5.41, 5.74) is 4.61. The maximum absolute atomic E-state index is 7.01. The van der Waals surface area contributed by atoms with Gasteiger partial charge in [-0.3, -0.25) is 0 Å². The van der Waals surface area contributed by atoms with Crippen molar-refractivity contribution < 1.29 is 55.6 Å². The number of nitrogens with one attached hydrogen (secondary N) is 1. The third kappa shape index (κ3) is 14.4. The van der Waals surface area contributed by atoms with Gasteiger partial charge in [0.05, 0.1) is 55.9 Å². The average molecular weight is 945 g/mol. The minimum Gasteiger partial charge on any atom is -0.496 e. The maximum atomic E-state index is 7.01. The molecule has 0 fully saturated rings. The Kier molecular flexibility index (Phi) is 19.8. The SMILES string of the molecule is COc1ccccc1COP(N[P+](N=[P+](OCc1ccccc1OC)OCc1ccccc1OC)(OCc1ccccc1OC)OCc1ccccc1OC)OCc1ccccc1OC. The summed E-state index contributed by atoms with van der Waals surface area (Å²) in [6, 6.07) is 45.5. The number of methoxy groups -OCH3 is 6. The van der Waals surface area contributed by atoms with E-state index in [0.29, 0.717) is 34.5 Å². The summed E-state index contributed by atoms with van der Waals surface area (Å²) in [4.78, 5) is 3.53. The Labute approximate surface area is 384 Å². The van der Waals surface area contributed by atoms with Crippen LogP contribution in [-0.2, 0) is 66.8 Å². The molecule has 0 unspecified atom stereocenters. The third-order valence-electron chi connectivity index (χ3n) is 9.68. The smallest absolute Gasteiger partial charge is 0.496 e. The second-order valence-corrected chi connectivity index (χ2v) is 18.8. The summed E-state index contributed by atoms with van der Waals surface area (Å²) in [6.45, 7) is 0.324. The van der Waals surface area contributed by atoms with Gasteiger partial charge in [0.2, 0.25) is 4.52 Å². The van der Waals surface area contributed by atoms with Crippen molar-refractivity contribution in [2.24, 2.45) is 4.52 Å². The van der Waals surface area contributed by atoms with E-state index in [1.54, 1.807) is 42.7 Å². The number of para-hydroxylation sites is 6. The fraction of sp³-hybridized carbons (Fsp3) is 0.250. The van der Waals surface area contributed by atoms with Gasteiger partial charge in [0.15, 0.2) is 0 Å². The Bertz CT molecular complexity index is 2270. The van der Waals surface area contributed by atoms with E-state index >= 15 is 0 Å². The van der Waals surface area contributed by atoms with Crippen molar-refractivity contribution in [3.05, 3.63) is 179 Å². The van der Waals surface area contributed by atoms with Crippen molar-refractivity contribution in [3.63, 3.8) is 0 Å². The lowest BCUT2D eigenvalue weighted by atomic mass is 10.2. The minimum atomic E-state index is -3.86. The molecule has 0 aromatic heterocycles. The molecule has 14 nitrogen and oxygen atoms in total. The van der Waals surface area contributed by atoms with E-state index in [4.69, 9.17) is 60.1 Å². The molecule has 0 aliphatic carbocycles. The summed E-state index contributed by atoms with van der Waals surface area (Å²) in [7, 11) is 1.46. The molecule has 0 atom stereocenters. The summed E-state index contributed by atoms with van der Waals surface area (Å²) in [5.74, 6) is 3.80. The van der Waals surface area contributed by atoms with Crippen molar-refractivity contribution >= 4 is 24.7 Å². The van der Waals surface area contributed by atoms with Gasteiger partial charge in [0.1, 0.15) is 60.9 Å². The molecule has 17 heteroatoms. The van der Waals surface area contributed by atoms with Crippen LogP contribution in [0.3, 0.4) is 0 Å². The Morgan fingerprint density at radius 1 is 0.385 bits per heavy atom. The van der Waals surface area contributed by atoms with Crippen LogP contribution in [0.15, 0.2) is 150 Å². The Balaban J connectivity index is 1.49. The Hall–Kier alpha value is -5.20. The van der Waals surface area contributed by atoms with Crippen LogP contribution in [0.4, 0.5) is 0 Å². The zero-order chi connectivity index (χ0) is 45.7. The molecule has 0 radical (unpaired) electrons. The van der Waals surface area contributed by atoms with Gasteiger partial charge in [-0.15, -0.1) is 9.05 Å². The van der Waals surface area contributed by atoms with E-state index < -0.39 is 24.7 Å². The first-order valence-electron chi connectivity index (χ1n) is 20.4. The van der Waals surface area contributed by atoms with Crippen molar-refractivity contribution in [2.45, 2.75) is 39.6 Å². The number of benzene rings is 6. The van der Waals surface area contributed by atoms with Crippen molar-refractivity contribution in [1.82, 2.24) is 4.86 Å². The van der Waals surface area contributed by atoms with Gasteiger partial charge in [0, 0.05) is 33.4 Å². The van der Waals surface area contributed by atoms with E-state index in [9.17, 15) is 0 Å². The van der Waals surface area contributed by atoms with Gasteiger partial charge in [0.25, 0.3) is 8.53 Å². The minimum absolute atomic E-state index is 0.00933. The summed E-state index contributed by atoms with van der Waals surface area (Å²) in [6.07, 6.45) is 0. The first-order valence-corrected chi connectivity index (χ1v) is 24.3. The van der Waals surface area contributed by atoms with Crippen LogP contribution < -0.4 is 33.3 Å². The molecule has 6 aromatic rings. The molecule has 342 valence electrons. The molecule has 0 amide bonds. The number of nitrogens with zero attached hydrogens (tertiary/aromatic N) is 1. The fourth-order valence-electron chi connectivity index (χ4n) is 6.30. The number of hydrogen-bond acceptors (Lipinski definition) is 14. The third-order valence-corrected chi connectivity index (χ3v) is 15.3. The maximum Gasteiger partial charge on any atom is 0.606 e. The highest BCUT2D eigenvalue weighted by Crippen LogP contribution is 2.69. The van der Waals surface area contributed by atoms with E-state index in [0.717, 1.165) is 33.4 Å². The molecule has 0 aliphatic heterocycles. The Morgan fingerprint density at radius 3 is 0.938 bits per heavy atom. The van der Waals surface area contributed by atoms with Gasteiger partial charge in [-0.2, -0.15) is 9.05 Å². The number of ether oxygens (including phenoxy) is 6. The number of rotatable bonds is 27. The lowest BCUT2D eigenvalue weighted by molar-refractivity contribution is 0.195. The summed E-state index contributed by atoms with van der Waals surface area (Å²) >= 11 is 0. The second kappa shape index (κ2) is 26.1. The second-order valence-electron chi connectivity index (χ2n) is 13.7. The first kappa shape index (κ1) is 49.2. The lowest BCUT2D eigenvalue weighted by Gasteiger charge is -2.23. The highest BCUT2D eigenvalue weighted by molar-refractivity contribution is 7.74. The van der Waals surface area contributed by atoms with Crippen LogP contribution in [0.25, 0.3) is 0 Å². The molecule has 6 rings (SSSR count).